The molecular formula is C20H20F2N2O4. The zero-order valence-electron chi connectivity index (χ0n) is 15.3. The van der Waals surface area contributed by atoms with Crippen LogP contribution in [0.2, 0.25) is 0 Å². The van der Waals surface area contributed by atoms with Crippen molar-refractivity contribution in [3.63, 3.8) is 0 Å². The molecule has 0 aromatic heterocycles. The van der Waals surface area contributed by atoms with Crippen LogP contribution in [0.4, 0.5) is 20.2 Å². The second kappa shape index (κ2) is 8.79. The predicted molar refractivity (Wildman–Crippen MR) is 99.3 cm³/mol. The zero-order valence-corrected chi connectivity index (χ0v) is 15.3. The van der Waals surface area contributed by atoms with Crippen LogP contribution in [0.25, 0.3) is 0 Å². The van der Waals surface area contributed by atoms with E-state index in [1.54, 1.807) is 12.1 Å². The van der Waals surface area contributed by atoms with Gasteiger partial charge in [-0.3, -0.25) is 4.79 Å². The van der Waals surface area contributed by atoms with Crippen molar-refractivity contribution in [3.05, 3.63) is 59.7 Å². The van der Waals surface area contributed by atoms with Crippen LogP contribution in [-0.4, -0.2) is 44.3 Å². The maximum atomic E-state index is 13.6. The molecule has 0 bridgehead atoms. The molecule has 1 aliphatic rings. The van der Waals surface area contributed by atoms with Crippen molar-refractivity contribution in [1.29, 1.82) is 0 Å². The Morgan fingerprint density at radius 2 is 1.79 bits per heavy atom. The Kier molecular flexibility index (Phi) is 6.20. The summed E-state index contributed by atoms with van der Waals surface area (Å²) < 4.78 is 36.9. The molecular weight excluding hydrogens is 370 g/mol. The molecule has 1 saturated heterocycles. The molecule has 1 atom stereocenters. The first kappa shape index (κ1) is 19.8. The van der Waals surface area contributed by atoms with E-state index in [0.29, 0.717) is 25.0 Å². The van der Waals surface area contributed by atoms with E-state index in [4.69, 9.17) is 9.47 Å². The van der Waals surface area contributed by atoms with Gasteiger partial charge in [-0.05, 0) is 43.3 Å². The molecule has 1 fully saturated rings. The number of benzene rings is 2. The highest BCUT2D eigenvalue weighted by Crippen LogP contribution is 2.19. The van der Waals surface area contributed by atoms with Crippen LogP contribution in [0, 0.1) is 11.6 Å². The average Bonchev–Trinajstić information content (AvgIpc) is 2.69. The van der Waals surface area contributed by atoms with Gasteiger partial charge in [-0.2, -0.15) is 0 Å². The number of hydrogen-bond acceptors (Lipinski definition) is 5. The number of nitrogens with zero attached hydrogens (tertiary/aromatic N) is 1. The van der Waals surface area contributed by atoms with Crippen molar-refractivity contribution in [2.45, 2.75) is 13.0 Å². The smallest absolute Gasteiger partial charge is 0.341 e. The van der Waals surface area contributed by atoms with E-state index in [2.05, 4.69) is 10.2 Å². The molecule has 28 heavy (non-hydrogen) atoms. The largest absolute Gasteiger partial charge is 0.449 e. The number of nitrogens with one attached hydrogen (secondary N) is 1. The molecule has 0 spiro atoms. The topological polar surface area (TPSA) is 67.9 Å². The minimum Gasteiger partial charge on any atom is -0.449 e. The van der Waals surface area contributed by atoms with Crippen molar-refractivity contribution in [3.8, 4) is 0 Å². The standard InChI is InChI=1S/C20H20F2N2O4/c1-13(28-20(26)17-7-2-14(21)12-18(17)22)19(25)23-15-3-5-16(6-4-15)24-8-10-27-11-9-24/h2-7,12-13H,8-11H2,1H3,(H,23,25). The van der Waals surface area contributed by atoms with Crippen molar-refractivity contribution in [2.24, 2.45) is 0 Å². The number of anilines is 2. The fourth-order valence-electron chi connectivity index (χ4n) is 2.75. The maximum absolute atomic E-state index is 13.6. The molecule has 8 heteroatoms. The number of carbonyl (C=O) groups excluding carboxylic acids is 2. The van der Waals surface area contributed by atoms with Gasteiger partial charge in [0.2, 0.25) is 0 Å². The lowest BCUT2D eigenvalue weighted by Gasteiger charge is -2.28. The van der Waals surface area contributed by atoms with Gasteiger partial charge < -0.3 is 19.7 Å². The van der Waals surface area contributed by atoms with Crippen LogP contribution in [0.5, 0.6) is 0 Å². The third-order valence-electron chi connectivity index (χ3n) is 4.32. The first-order chi connectivity index (χ1) is 13.4. The third-order valence-corrected chi connectivity index (χ3v) is 4.32. The Labute approximate surface area is 161 Å². The quantitative estimate of drug-likeness (QED) is 0.795. The first-order valence-electron chi connectivity index (χ1n) is 8.83. The summed E-state index contributed by atoms with van der Waals surface area (Å²) in [4.78, 5) is 26.4. The molecule has 2 aromatic rings. The Balaban J connectivity index is 1.56. The number of carbonyl (C=O) groups is 2. The first-order valence-corrected chi connectivity index (χ1v) is 8.83. The fourth-order valence-corrected chi connectivity index (χ4v) is 2.75. The molecule has 0 saturated carbocycles. The van der Waals surface area contributed by atoms with Crippen LogP contribution < -0.4 is 10.2 Å². The minimum absolute atomic E-state index is 0.434. The molecule has 6 nitrogen and oxygen atoms in total. The van der Waals surface area contributed by atoms with Gasteiger partial charge in [-0.25, -0.2) is 13.6 Å². The fraction of sp³-hybridized carbons (Fsp3) is 0.300. The summed E-state index contributed by atoms with van der Waals surface area (Å²) in [6.07, 6.45) is -1.16. The van der Waals surface area contributed by atoms with E-state index < -0.39 is 35.2 Å². The molecule has 1 N–H and O–H groups in total. The molecule has 148 valence electrons. The number of esters is 1. The van der Waals surface area contributed by atoms with Gasteiger partial charge in [-0.1, -0.05) is 0 Å². The molecule has 1 heterocycles. The lowest BCUT2D eigenvalue weighted by atomic mass is 10.2. The molecule has 1 unspecified atom stereocenters. The number of ether oxygens (including phenoxy) is 2. The number of morpholine rings is 1. The van der Waals surface area contributed by atoms with Gasteiger partial charge in [0, 0.05) is 30.5 Å². The molecule has 2 aromatic carbocycles. The molecule has 1 aliphatic heterocycles. The average molecular weight is 390 g/mol. The molecule has 1 amide bonds. The van der Waals surface area contributed by atoms with Gasteiger partial charge >= 0.3 is 5.97 Å². The molecule has 0 aliphatic carbocycles. The zero-order chi connectivity index (χ0) is 20.1. The Morgan fingerprint density at radius 3 is 2.43 bits per heavy atom. The highest BCUT2D eigenvalue weighted by atomic mass is 19.1. The van der Waals surface area contributed by atoms with Gasteiger partial charge in [0.25, 0.3) is 5.91 Å². The monoisotopic (exact) mass is 390 g/mol. The maximum Gasteiger partial charge on any atom is 0.341 e. The van der Waals surface area contributed by atoms with Crippen LogP contribution in [-0.2, 0) is 14.3 Å². The summed E-state index contributed by atoms with van der Waals surface area (Å²) >= 11 is 0. The lowest BCUT2D eigenvalue weighted by molar-refractivity contribution is -0.123. The minimum atomic E-state index is -1.16. The SMILES string of the molecule is CC(OC(=O)c1ccc(F)cc1F)C(=O)Nc1ccc(N2CCOCC2)cc1. The Morgan fingerprint density at radius 1 is 1.11 bits per heavy atom. The summed E-state index contributed by atoms with van der Waals surface area (Å²) in [5.74, 6) is -3.45. The van der Waals surface area contributed by atoms with Crippen molar-refractivity contribution >= 4 is 23.3 Å². The normalized spacial score (nSPS) is 15.0. The highest BCUT2D eigenvalue weighted by Gasteiger charge is 2.21. The van der Waals surface area contributed by atoms with Crippen molar-refractivity contribution in [1.82, 2.24) is 0 Å². The number of hydrogen-bond donors (Lipinski definition) is 1. The summed E-state index contributed by atoms with van der Waals surface area (Å²) in [6.45, 7) is 4.33. The van der Waals surface area contributed by atoms with E-state index in [9.17, 15) is 18.4 Å². The van der Waals surface area contributed by atoms with E-state index in [0.717, 1.165) is 30.9 Å². The summed E-state index contributed by atoms with van der Waals surface area (Å²) in [7, 11) is 0. The number of rotatable bonds is 5. The Hall–Kier alpha value is -3.00. The second-order valence-corrected chi connectivity index (χ2v) is 6.31. The van der Waals surface area contributed by atoms with Crippen LogP contribution in [0.1, 0.15) is 17.3 Å². The van der Waals surface area contributed by atoms with Gasteiger partial charge in [-0.15, -0.1) is 0 Å². The van der Waals surface area contributed by atoms with E-state index in [1.165, 1.54) is 6.92 Å². The van der Waals surface area contributed by atoms with Crippen LogP contribution >= 0.6 is 0 Å². The Bertz CT molecular complexity index is 852. The van der Waals surface area contributed by atoms with Crippen LogP contribution in [0.15, 0.2) is 42.5 Å². The summed E-state index contributed by atoms with van der Waals surface area (Å²) in [5.41, 5.74) is 1.13. The van der Waals surface area contributed by atoms with E-state index in [1.807, 2.05) is 12.1 Å². The van der Waals surface area contributed by atoms with Crippen molar-refractivity contribution in [2.75, 3.05) is 36.5 Å². The predicted octanol–water partition coefficient (Wildman–Crippen LogP) is 2.99. The molecule has 0 radical (unpaired) electrons. The van der Waals surface area contributed by atoms with Gasteiger partial charge in [0.05, 0.1) is 18.8 Å². The third kappa shape index (κ3) is 4.83. The summed E-state index contributed by atoms with van der Waals surface area (Å²) in [5, 5.41) is 2.64. The lowest BCUT2D eigenvalue weighted by Crippen LogP contribution is -2.36. The second-order valence-electron chi connectivity index (χ2n) is 6.31. The summed E-state index contributed by atoms with van der Waals surface area (Å²) in [6, 6.07) is 9.75. The van der Waals surface area contributed by atoms with E-state index in [-0.39, 0.29) is 0 Å². The van der Waals surface area contributed by atoms with Crippen LogP contribution in [0.3, 0.4) is 0 Å². The van der Waals surface area contributed by atoms with E-state index >= 15 is 0 Å². The van der Waals surface area contributed by atoms with Gasteiger partial charge in [0.15, 0.2) is 6.10 Å². The highest BCUT2D eigenvalue weighted by molar-refractivity contribution is 5.97. The van der Waals surface area contributed by atoms with Crippen molar-refractivity contribution < 1.29 is 27.8 Å². The van der Waals surface area contributed by atoms with Gasteiger partial charge in [0.1, 0.15) is 11.6 Å². The number of amides is 1. The molecule has 3 rings (SSSR count). The number of halogens is 2.